The van der Waals surface area contributed by atoms with Gasteiger partial charge in [-0.2, -0.15) is 25.5 Å². The average molecular weight is 1870 g/mol. The number of hydrogen-bond acceptors (Lipinski definition) is 21. The molecule has 7 aromatic carbocycles. The Morgan fingerprint density at radius 3 is 1.28 bits per heavy atom. The molecule has 0 bridgehead atoms. The van der Waals surface area contributed by atoms with Crippen LogP contribution >= 0.6 is 11.6 Å². The first-order valence-electron chi connectivity index (χ1n) is 47.8. The maximum Gasteiger partial charge on any atom is 0.161 e. The van der Waals surface area contributed by atoms with Crippen molar-refractivity contribution in [1.82, 2.24) is 73.6 Å². The smallest absolute Gasteiger partial charge is 0.161 e. The number of rotatable bonds is 27. The Kier molecular flexibility index (Phi) is 30.3. The Balaban J connectivity index is 0.000000133. The molecule has 0 radical (unpaired) electrons. The number of benzene rings is 7. The molecule has 0 unspecified atom stereocenters. The van der Waals surface area contributed by atoms with Crippen LogP contribution in [0.4, 0.5) is 29.0 Å². The van der Waals surface area contributed by atoms with E-state index in [1.807, 2.05) is 151 Å². The summed E-state index contributed by atoms with van der Waals surface area (Å²) >= 11 is 5.99. The molecule has 12 heterocycles. The van der Waals surface area contributed by atoms with E-state index in [0.717, 1.165) is 269 Å². The van der Waals surface area contributed by atoms with Crippen molar-refractivity contribution < 1.29 is 28.4 Å². The minimum Gasteiger partial charge on any atom is -0.494 e. The van der Waals surface area contributed by atoms with Crippen molar-refractivity contribution >= 4 is 95.2 Å². The van der Waals surface area contributed by atoms with Crippen LogP contribution in [-0.4, -0.2) is 180 Å². The van der Waals surface area contributed by atoms with Crippen molar-refractivity contribution in [2.45, 2.75) is 138 Å². The van der Waals surface area contributed by atoms with Crippen LogP contribution in [0, 0.1) is 96.9 Å². The average Bonchev–Trinajstić information content (AvgIpc) is 1.60. The lowest BCUT2D eigenvalue weighted by atomic mass is 10.1. The van der Waals surface area contributed by atoms with Crippen LogP contribution in [0.5, 0.6) is 34.5 Å². The summed E-state index contributed by atoms with van der Waals surface area (Å²) in [5.41, 5.74) is 25.6. The summed E-state index contributed by atoms with van der Waals surface area (Å²) in [7, 11) is 3.41. The van der Waals surface area contributed by atoms with Gasteiger partial charge in [0, 0.05) is 195 Å². The number of hydrogen-bond donors (Lipinski definition) is 2. The quantitative estimate of drug-likeness (QED) is 0.0487. The SMILES string of the molecule is CCOc1ccc(-n2c(C)c3c(C)nnc(N4CCN(C/C=C/c5ccccc5)CC4)c3c2C)c(OC)c1.CCOc1ccc(-n2c(C)c3c(C)nnc(N4CCN(c5ccc(C)c(C)c5)CC4)c3c2C)c(OC)c1.CCOc1ccc(-n2c(C)c3c(C)nnc(NCCc4ccc(Cl)cc4)c3c2C)cc1.CCOc1ccc(-n2c(C)c3c(C)nnc(NCc4cccc5ccnn45)c3c2C)cc1. The Morgan fingerprint density at radius 1 is 0.370 bits per heavy atom. The molecule has 10 aromatic heterocycles. The van der Waals surface area contributed by atoms with Crippen LogP contribution < -0.4 is 53.8 Å². The summed E-state index contributed by atoms with van der Waals surface area (Å²) in [5, 5.41) is 57.9. The third-order valence-electron chi connectivity index (χ3n) is 26.5. The van der Waals surface area contributed by atoms with E-state index >= 15 is 0 Å². The molecule has 19 rings (SSSR count). The van der Waals surface area contributed by atoms with Gasteiger partial charge in [0.25, 0.3) is 0 Å². The highest BCUT2D eigenvalue weighted by Crippen LogP contribution is 2.44. The fourth-order valence-electron chi connectivity index (χ4n) is 19.7. The first-order valence-corrected chi connectivity index (χ1v) is 48.2. The van der Waals surface area contributed by atoms with E-state index in [2.05, 4.69) is 263 Å². The standard InChI is InChI=1S/C31H37N5O2.C30H37N5O2.C25H27ClN4O.C25H26N6O/c1-6-38-26-14-15-27(28(21-26)37-5)36-23(3)29-22(2)32-33-31(30(29)24(36)4)35-19-17-34(18-20-35)16-10-13-25-11-8-7-9-12-25;1-8-37-25-11-12-26(27(18-25)36-7)35-22(5)28-21(4)31-32-30(29(28)23(35)6)34-15-13-33(14-16-34)24-10-9-19(2)20(3)17-24;1-5-31-22-12-10-21(11-13-22)30-17(3)23-16(2)28-29-25(24(23)18(30)4)27-15-14-19-6-8-20(26)9-7-19;1-5-32-22-11-9-19(10-12-22)30-17(3)23-16(2)28-29-25(24(23)18(30)4)26-15-21-8-6-7-20-13-14-27-31(20)21/h7-15,21H,6,16-20H2,1-5H3;9-12,17-18H,8,13-16H2,1-7H3;6-13H,5,14-15H2,1-4H3,(H,27,29);6-14H,5,15H2,1-4H3,(H,26,29)/b13-10+;;;. The van der Waals surface area contributed by atoms with E-state index < -0.39 is 0 Å². The lowest BCUT2D eigenvalue weighted by Gasteiger charge is -2.37. The molecule has 17 aromatic rings. The minimum atomic E-state index is 0.596. The topological polar surface area (TPSA) is 233 Å². The van der Waals surface area contributed by atoms with Crippen molar-refractivity contribution in [3.8, 4) is 57.2 Å². The van der Waals surface area contributed by atoms with Gasteiger partial charge in [0.1, 0.15) is 34.5 Å². The number of ether oxygens (including phenoxy) is 6. The number of pyridine rings is 1. The predicted octanol–water partition coefficient (Wildman–Crippen LogP) is 22.3. The summed E-state index contributed by atoms with van der Waals surface area (Å²) in [6, 6.07) is 61.8. The molecule has 2 fully saturated rings. The first-order chi connectivity index (χ1) is 66.9. The molecule has 26 nitrogen and oxygen atoms in total. The van der Waals surface area contributed by atoms with Crippen molar-refractivity contribution in [3.63, 3.8) is 0 Å². The van der Waals surface area contributed by atoms with Crippen LogP contribution in [0.25, 0.3) is 77.4 Å². The molecule has 2 saturated heterocycles. The van der Waals surface area contributed by atoms with Crippen LogP contribution in [0.3, 0.4) is 0 Å². The molecular weight excluding hydrogens is 1740 g/mol. The van der Waals surface area contributed by atoms with Crippen molar-refractivity contribution in [2.75, 3.05) is 131 Å². The number of aryl methyl sites for hydroxylation is 14. The summed E-state index contributed by atoms with van der Waals surface area (Å²) < 4.78 is 45.2. The number of anilines is 5. The second kappa shape index (κ2) is 43.2. The largest absolute Gasteiger partial charge is 0.494 e. The van der Waals surface area contributed by atoms with Gasteiger partial charge in [-0.15, -0.1) is 20.4 Å². The molecule has 714 valence electrons. The minimum absolute atomic E-state index is 0.596. The Morgan fingerprint density at radius 2 is 0.797 bits per heavy atom. The van der Waals surface area contributed by atoms with Gasteiger partial charge in [0.2, 0.25) is 0 Å². The monoisotopic (exact) mass is 1870 g/mol. The van der Waals surface area contributed by atoms with Crippen LogP contribution in [0.15, 0.2) is 194 Å². The highest BCUT2D eigenvalue weighted by atomic mass is 35.5. The van der Waals surface area contributed by atoms with Gasteiger partial charge >= 0.3 is 0 Å². The lowest BCUT2D eigenvalue weighted by Crippen LogP contribution is -2.47. The van der Waals surface area contributed by atoms with Gasteiger partial charge < -0.3 is 72.0 Å². The molecular formula is C111H127ClN20O6. The van der Waals surface area contributed by atoms with Crippen molar-refractivity contribution in [2.24, 2.45) is 0 Å². The highest BCUT2D eigenvalue weighted by molar-refractivity contribution is 6.30. The fraction of sp³-hybridized carbons (Fsp3) is 0.324. The van der Waals surface area contributed by atoms with Gasteiger partial charge in [-0.1, -0.05) is 78.4 Å². The zero-order valence-electron chi connectivity index (χ0n) is 83.2. The van der Waals surface area contributed by atoms with Crippen molar-refractivity contribution in [3.05, 3.63) is 296 Å². The number of piperazine rings is 2. The lowest BCUT2D eigenvalue weighted by molar-refractivity contribution is 0.284. The van der Waals surface area contributed by atoms with E-state index in [0.29, 0.717) is 33.0 Å². The summed E-state index contributed by atoms with van der Waals surface area (Å²) in [5.74, 6) is 8.44. The molecule has 138 heavy (non-hydrogen) atoms. The molecule has 0 atom stereocenters. The summed E-state index contributed by atoms with van der Waals surface area (Å²) in [6.07, 6.45) is 7.15. The Bertz CT molecular complexity index is 7210. The van der Waals surface area contributed by atoms with E-state index in [4.69, 9.17) is 50.2 Å². The van der Waals surface area contributed by atoms with Gasteiger partial charge in [-0.05, 0) is 269 Å². The number of halogens is 1. The first kappa shape index (κ1) is 96.6. The number of fused-ring (bicyclic) bond motifs is 5. The highest BCUT2D eigenvalue weighted by Gasteiger charge is 2.31. The zero-order chi connectivity index (χ0) is 97.1. The summed E-state index contributed by atoms with van der Waals surface area (Å²) in [4.78, 5) is 9.73. The molecule has 27 heteroatoms. The number of nitrogens with zero attached hydrogens (tertiary/aromatic N) is 18. The van der Waals surface area contributed by atoms with Gasteiger partial charge in [0.05, 0.1) is 92.6 Å². The van der Waals surface area contributed by atoms with Crippen LogP contribution in [-0.2, 0) is 13.0 Å². The van der Waals surface area contributed by atoms with Crippen molar-refractivity contribution in [1.29, 1.82) is 0 Å². The maximum absolute atomic E-state index is 5.99. The zero-order valence-corrected chi connectivity index (χ0v) is 84.0. The van der Waals surface area contributed by atoms with E-state index in [1.165, 1.54) is 38.7 Å². The summed E-state index contributed by atoms with van der Waals surface area (Å²) in [6.45, 7) is 50.0. The maximum atomic E-state index is 5.99. The number of methoxy groups -OCH3 is 2. The number of aromatic nitrogens is 14. The molecule has 2 N–H and O–H groups in total. The van der Waals surface area contributed by atoms with E-state index in [-0.39, 0.29) is 0 Å². The van der Waals surface area contributed by atoms with E-state index in [9.17, 15) is 0 Å². The second-order valence-electron chi connectivity index (χ2n) is 35.1. The molecule has 0 aliphatic carbocycles. The van der Waals surface area contributed by atoms with Crippen LogP contribution in [0.2, 0.25) is 5.02 Å². The predicted molar refractivity (Wildman–Crippen MR) is 561 cm³/mol. The van der Waals surface area contributed by atoms with E-state index in [1.54, 1.807) is 14.2 Å². The third-order valence-corrected chi connectivity index (χ3v) is 26.7. The van der Waals surface area contributed by atoms with Gasteiger partial charge in [-0.3, -0.25) is 4.90 Å². The molecule has 0 saturated carbocycles. The molecule has 2 aliphatic rings. The Labute approximate surface area is 814 Å². The third kappa shape index (κ3) is 20.2. The molecule has 2 aliphatic heterocycles. The van der Waals surface area contributed by atoms with Crippen LogP contribution in [0.1, 0.15) is 124 Å². The Hall–Kier alpha value is -14.5. The molecule has 0 spiro atoms. The fourth-order valence-corrected chi connectivity index (χ4v) is 19.8. The van der Waals surface area contributed by atoms with Gasteiger partial charge in [-0.25, -0.2) is 4.52 Å². The van der Waals surface area contributed by atoms with Gasteiger partial charge in [0.15, 0.2) is 23.3 Å². The molecule has 0 amide bonds. The second-order valence-corrected chi connectivity index (χ2v) is 35.5. The number of nitrogens with one attached hydrogen (secondary N) is 2. The normalized spacial score (nSPS) is 12.9.